The van der Waals surface area contributed by atoms with E-state index in [2.05, 4.69) is 30.4 Å². The van der Waals surface area contributed by atoms with Gasteiger partial charge in [0.05, 0.1) is 5.60 Å². The van der Waals surface area contributed by atoms with E-state index < -0.39 is 5.60 Å². The first-order valence-corrected chi connectivity index (χ1v) is 6.00. The molecule has 2 unspecified atom stereocenters. The van der Waals surface area contributed by atoms with E-state index in [4.69, 9.17) is 0 Å². The van der Waals surface area contributed by atoms with Crippen molar-refractivity contribution in [3.05, 3.63) is 36.5 Å². The third kappa shape index (κ3) is 3.07. The topological polar surface area (TPSA) is 20.2 Å². The summed E-state index contributed by atoms with van der Waals surface area (Å²) in [6.07, 6.45) is 19.3. The van der Waals surface area contributed by atoms with Crippen molar-refractivity contribution >= 4 is 0 Å². The highest BCUT2D eigenvalue weighted by Crippen LogP contribution is 2.27. The predicted octanol–water partition coefficient (Wildman–Crippen LogP) is 3.37. The first-order valence-electron chi connectivity index (χ1n) is 6.00. The number of hydrogen-bond acceptors (Lipinski definition) is 1. The molecule has 0 saturated heterocycles. The highest BCUT2D eigenvalue weighted by Gasteiger charge is 2.23. The van der Waals surface area contributed by atoms with Crippen molar-refractivity contribution in [1.29, 1.82) is 0 Å². The first-order chi connectivity index (χ1) is 7.29. The lowest BCUT2D eigenvalue weighted by Gasteiger charge is -2.26. The lowest BCUT2D eigenvalue weighted by atomic mass is 9.86. The van der Waals surface area contributed by atoms with Crippen LogP contribution in [0.5, 0.6) is 0 Å². The Morgan fingerprint density at radius 1 is 1.13 bits per heavy atom. The van der Waals surface area contributed by atoms with Crippen LogP contribution >= 0.6 is 0 Å². The lowest BCUT2D eigenvalue weighted by Crippen LogP contribution is -2.26. The van der Waals surface area contributed by atoms with Crippen LogP contribution in [0.1, 0.15) is 38.5 Å². The molecule has 0 aromatic carbocycles. The van der Waals surface area contributed by atoms with Crippen molar-refractivity contribution in [3.63, 3.8) is 0 Å². The second kappa shape index (κ2) is 4.80. The van der Waals surface area contributed by atoms with Gasteiger partial charge in [-0.15, -0.1) is 0 Å². The molecule has 0 spiro atoms. The third-order valence-electron chi connectivity index (χ3n) is 3.37. The smallest absolute Gasteiger partial charge is 0.0865 e. The second-order valence-corrected chi connectivity index (χ2v) is 4.72. The van der Waals surface area contributed by atoms with Gasteiger partial charge in [0.1, 0.15) is 0 Å². The van der Waals surface area contributed by atoms with Gasteiger partial charge in [-0.3, -0.25) is 0 Å². The predicted molar refractivity (Wildman–Crippen MR) is 63.6 cm³/mol. The Hall–Kier alpha value is -0.820. The van der Waals surface area contributed by atoms with Crippen LogP contribution in [0.3, 0.4) is 0 Å². The van der Waals surface area contributed by atoms with E-state index in [9.17, 15) is 5.11 Å². The minimum absolute atomic E-state index is 0.560. The van der Waals surface area contributed by atoms with E-state index >= 15 is 0 Å². The summed E-state index contributed by atoms with van der Waals surface area (Å²) in [6.45, 7) is 0. The van der Waals surface area contributed by atoms with Crippen molar-refractivity contribution in [2.45, 2.75) is 44.1 Å². The molecule has 0 heterocycles. The third-order valence-corrected chi connectivity index (χ3v) is 3.37. The summed E-state index contributed by atoms with van der Waals surface area (Å²) in [5.41, 5.74) is -0.560. The number of allylic oxidation sites excluding steroid dienone is 4. The van der Waals surface area contributed by atoms with E-state index in [0.29, 0.717) is 5.92 Å². The van der Waals surface area contributed by atoms with Crippen LogP contribution in [-0.4, -0.2) is 10.7 Å². The molecule has 0 aromatic heterocycles. The van der Waals surface area contributed by atoms with Crippen LogP contribution in [0, 0.1) is 5.92 Å². The summed E-state index contributed by atoms with van der Waals surface area (Å²) in [7, 11) is 0. The standard InChI is InChI=1S/C14H20O/c15-14(10-5-2-6-11-14)12-9-13-7-3-1-4-8-13/h1-3,5,9,12-13,15H,4,6-8,10-11H2/b12-9+. The Labute approximate surface area is 92.2 Å². The summed E-state index contributed by atoms with van der Waals surface area (Å²) in [5, 5.41) is 10.2. The van der Waals surface area contributed by atoms with Crippen LogP contribution in [0.25, 0.3) is 0 Å². The van der Waals surface area contributed by atoms with Gasteiger partial charge in [-0.1, -0.05) is 36.5 Å². The van der Waals surface area contributed by atoms with Crippen LogP contribution in [0.4, 0.5) is 0 Å². The van der Waals surface area contributed by atoms with Gasteiger partial charge in [0.15, 0.2) is 0 Å². The molecule has 2 aliphatic carbocycles. The Kier molecular flexibility index (Phi) is 3.42. The number of aliphatic hydroxyl groups is 1. The quantitative estimate of drug-likeness (QED) is 0.684. The SMILES string of the molecule is OC1(/C=C/C2CC=CCC2)CC=CCC1. The molecule has 1 nitrogen and oxygen atoms in total. The normalized spacial score (nSPS) is 36.2. The first kappa shape index (κ1) is 10.7. The average Bonchev–Trinajstić information content (AvgIpc) is 2.29. The monoisotopic (exact) mass is 204 g/mol. The van der Waals surface area contributed by atoms with Crippen molar-refractivity contribution < 1.29 is 5.11 Å². The highest BCUT2D eigenvalue weighted by molar-refractivity contribution is 5.11. The molecule has 1 heteroatoms. The molecule has 0 aromatic rings. The van der Waals surface area contributed by atoms with Crippen molar-refractivity contribution in [2.24, 2.45) is 5.92 Å². The molecule has 1 N–H and O–H groups in total. The van der Waals surface area contributed by atoms with E-state index in [1.807, 2.05) is 6.08 Å². The molecule has 0 saturated carbocycles. The average molecular weight is 204 g/mol. The van der Waals surface area contributed by atoms with Gasteiger partial charge in [-0.05, 0) is 44.4 Å². The summed E-state index contributed by atoms with van der Waals surface area (Å²) < 4.78 is 0. The zero-order valence-electron chi connectivity index (χ0n) is 9.23. The lowest BCUT2D eigenvalue weighted by molar-refractivity contribution is 0.0809. The largest absolute Gasteiger partial charge is 0.385 e. The summed E-state index contributed by atoms with van der Waals surface area (Å²) in [6, 6.07) is 0. The Morgan fingerprint density at radius 2 is 2.00 bits per heavy atom. The Morgan fingerprint density at radius 3 is 2.67 bits per heavy atom. The fourth-order valence-corrected chi connectivity index (χ4v) is 2.30. The maximum Gasteiger partial charge on any atom is 0.0865 e. The molecule has 2 aliphatic rings. The zero-order valence-corrected chi connectivity index (χ0v) is 9.23. The minimum atomic E-state index is -0.560. The molecule has 0 radical (unpaired) electrons. The van der Waals surface area contributed by atoms with Gasteiger partial charge in [0.25, 0.3) is 0 Å². The molecular weight excluding hydrogens is 184 g/mol. The zero-order chi connectivity index (χ0) is 10.6. The van der Waals surface area contributed by atoms with Crippen LogP contribution < -0.4 is 0 Å². The van der Waals surface area contributed by atoms with Crippen molar-refractivity contribution in [2.75, 3.05) is 0 Å². The molecule has 2 atom stereocenters. The van der Waals surface area contributed by atoms with Crippen LogP contribution in [0.15, 0.2) is 36.5 Å². The van der Waals surface area contributed by atoms with Gasteiger partial charge >= 0.3 is 0 Å². The van der Waals surface area contributed by atoms with Crippen molar-refractivity contribution in [1.82, 2.24) is 0 Å². The molecule has 15 heavy (non-hydrogen) atoms. The fraction of sp³-hybridized carbons (Fsp3) is 0.571. The molecular formula is C14H20O. The van der Waals surface area contributed by atoms with Crippen LogP contribution in [-0.2, 0) is 0 Å². The van der Waals surface area contributed by atoms with E-state index in [1.165, 1.54) is 12.8 Å². The summed E-state index contributed by atoms with van der Waals surface area (Å²) >= 11 is 0. The van der Waals surface area contributed by atoms with E-state index in [1.54, 1.807) is 0 Å². The second-order valence-electron chi connectivity index (χ2n) is 4.72. The van der Waals surface area contributed by atoms with Gasteiger partial charge in [-0.2, -0.15) is 0 Å². The molecule has 82 valence electrons. The van der Waals surface area contributed by atoms with Gasteiger partial charge in [0.2, 0.25) is 0 Å². The molecule has 0 fully saturated rings. The van der Waals surface area contributed by atoms with Crippen molar-refractivity contribution in [3.8, 4) is 0 Å². The molecule has 0 amide bonds. The van der Waals surface area contributed by atoms with Gasteiger partial charge in [0, 0.05) is 0 Å². The highest BCUT2D eigenvalue weighted by atomic mass is 16.3. The van der Waals surface area contributed by atoms with Crippen LogP contribution in [0.2, 0.25) is 0 Å². The summed E-state index contributed by atoms with van der Waals surface area (Å²) in [5.74, 6) is 0.643. The fourth-order valence-electron chi connectivity index (χ4n) is 2.30. The maximum atomic E-state index is 10.2. The molecule has 0 bridgehead atoms. The maximum absolute atomic E-state index is 10.2. The number of rotatable bonds is 2. The van der Waals surface area contributed by atoms with E-state index in [0.717, 1.165) is 25.7 Å². The minimum Gasteiger partial charge on any atom is -0.385 e. The van der Waals surface area contributed by atoms with Gasteiger partial charge in [-0.25, -0.2) is 0 Å². The number of hydrogen-bond donors (Lipinski definition) is 1. The Bertz CT molecular complexity index is 288. The summed E-state index contributed by atoms with van der Waals surface area (Å²) in [4.78, 5) is 0. The molecule has 0 aliphatic heterocycles. The van der Waals surface area contributed by atoms with Gasteiger partial charge < -0.3 is 5.11 Å². The van der Waals surface area contributed by atoms with E-state index in [-0.39, 0.29) is 0 Å². The Balaban J connectivity index is 1.91. The molecule has 2 rings (SSSR count).